The fraction of sp³-hybridized carbons (Fsp3) is 0.500. The van der Waals surface area contributed by atoms with Crippen LogP contribution in [0.25, 0.3) is 0 Å². The fourth-order valence-corrected chi connectivity index (χ4v) is 3.52. The zero-order valence-electron chi connectivity index (χ0n) is 14.5. The summed E-state index contributed by atoms with van der Waals surface area (Å²) in [6.45, 7) is 1.67. The summed E-state index contributed by atoms with van der Waals surface area (Å²) < 4.78 is 12.5. The smallest absolute Gasteiger partial charge is 0.203 e. The average molecular weight is 331 g/mol. The Hall–Kier alpha value is -2.21. The second kappa shape index (κ2) is 7.13. The third kappa shape index (κ3) is 3.06. The van der Waals surface area contributed by atoms with Gasteiger partial charge < -0.3 is 14.6 Å². The molecule has 130 valence electrons. The second-order valence-corrected chi connectivity index (χ2v) is 6.17. The molecule has 0 spiro atoms. The quantitative estimate of drug-likeness (QED) is 0.913. The minimum atomic E-state index is 0.158. The molecule has 1 atom stereocenters. The van der Waals surface area contributed by atoms with Crippen LogP contribution in [-0.2, 0) is 13.6 Å². The van der Waals surface area contributed by atoms with Crippen molar-refractivity contribution in [3.8, 4) is 17.2 Å². The molecule has 2 heterocycles. The molecule has 24 heavy (non-hydrogen) atoms. The Bertz CT molecular complexity index is 699. The molecule has 1 aliphatic rings. The molecule has 0 saturated carbocycles. The van der Waals surface area contributed by atoms with E-state index in [0.29, 0.717) is 24.1 Å². The van der Waals surface area contributed by atoms with Gasteiger partial charge in [-0.05, 0) is 31.5 Å². The molecule has 0 radical (unpaired) electrons. The molecule has 1 unspecified atom stereocenters. The van der Waals surface area contributed by atoms with Gasteiger partial charge in [0.15, 0.2) is 11.5 Å². The standard InChI is InChI=1S/C18H25N3O3/c1-20-14(9-10-19-20)15-6-4-5-11-21(15)12-13-7-8-16(23-2)18(24-3)17(13)22/h7-10,15,22H,4-6,11-12H2,1-3H3. The molecule has 1 aromatic heterocycles. The van der Waals surface area contributed by atoms with Crippen molar-refractivity contribution in [2.45, 2.75) is 31.8 Å². The normalized spacial score (nSPS) is 18.5. The van der Waals surface area contributed by atoms with Gasteiger partial charge in [0.25, 0.3) is 0 Å². The molecule has 1 aliphatic heterocycles. The molecule has 1 saturated heterocycles. The second-order valence-electron chi connectivity index (χ2n) is 6.17. The maximum absolute atomic E-state index is 10.6. The molecule has 0 aliphatic carbocycles. The molecule has 1 fully saturated rings. The summed E-state index contributed by atoms with van der Waals surface area (Å²) in [7, 11) is 5.09. The van der Waals surface area contributed by atoms with Crippen LogP contribution in [0.2, 0.25) is 0 Å². The Balaban J connectivity index is 1.87. The summed E-state index contributed by atoms with van der Waals surface area (Å²) in [4.78, 5) is 2.40. The van der Waals surface area contributed by atoms with Crippen molar-refractivity contribution in [3.63, 3.8) is 0 Å². The van der Waals surface area contributed by atoms with E-state index < -0.39 is 0 Å². The topological polar surface area (TPSA) is 59.8 Å². The van der Waals surface area contributed by atoms with Gasteiger partial charge in [0.05, 0.1) is 26.0 Å². The Labute approximate surface area is 142 Å². The summed E-state index contributed by atoms with van der Waals surface area (Å²) in [6.07, 6.45) is 5.33. The number of hydrogen-bond donors (Lipinski definition) is 1. The Morgan fingerprint density at radius 1 is 1.21 bits per heavy atom. The number of methoxy groups -OCH3 is 2. The third-order valence-electron chi connectivity index (χ3n) is 4.79. The summed E-state index contributed by atoms with van der Waals surface area (Å²) in [5.74, 6) is 1.09. The number of phenolic OH excluding ortho intramolecular Hbond substituents is 1. The van der Waals surface area contributed by atoms with Crippen LogP contribution in [0.5, 0.6) is 17.2 Å². The van der Waals surface area contributed by atoms with Crippen molar-refractivity contribution < 1.29 is 14.6 Å². The van der Waals surface area contributed by atoms with Crippen LogP contribution in [0.3, 0.4) is 0 Å². The molecule has 3 rings (SSSR count). The molecule has 1 aromatic carbocycles. The number of piperidine rings is 1. The van der Waals surface area contributed by atoms with E-state index >= 15 is 0 Å². The zero-order valence-corrected chi connectivity index (χ0v) is 14.5. The van der Waals surface area contributed by atoms with Crippen LogP contribution in [0, 0.1) is 0 Å². The van der Waals surface area contributed by atoms with E-state index in [1.807, 2.05) is 30.1 Å². The third-order valence-corrected chi connectivity index (χ3v) is 4.79. The fourth-order valence-electron chi connectivity index (χ4n) is 3.52. The van der Waals surface area contributed by atoms with Gasteiger partial charge in [-0.25, -0.2) is 0 Å². The number of aromatic nitrogens is 2. The van der Waals surface area contributed by atoms with Crippen LogP contribution >= 0.6 is 0 Å². The van der Waals surface area contributed by atoms with Crippen molar-refractivity contribution in [2.24, 2.45) is 7.05 Å². The monoisotopic (exact) mass is 331 g/mol. The molecule has 6 nitrogen and oxygen atoms in total. The molecular weight excluding hydrogens is 306 g/mol. The summed E-state index contributed by atoms with van der Waals surface area (Å²) >= 11 is 0. The molecule has 0 bridgehead atoms. The summed E-state index contributed by atoms with van der Waals surface area (Å²) in [5.41, 5.74) is 2.07. The predicted molar refractivity (Wildman–Crippen MR) is 91.4 cm³/mol. The highest BCUT2D eigenvalue weighted by Crippen LogP contribution is 2.41. The Kier molecular flexibility index (Phi) is 4.94. The Morgan fingerprint density at radius 2 is 2.04 bits per heavy atom. The number of ether oxygens (including phenoxy) is 2. The summed E-state index contributed by atoms with van der Waals surface area (Å²) in [6, 6.07) is 6.15. The van der Waals surface area contributed by atoms with E-state index in [2.05, 4.69) is 16.1 Å². The minimum absolute atomic E-state index is 0.158. The van der Waals surface area contributed by atoms with Gasteiger partial charge in [0, 0.05) is 25.4 Å². The predicted octanol–water partition coefficient (Wildman–Crippen LogP) is 2.87. The number of aryl methyl sites for hydroxylation is 1. The van der Waals surface area contributed by atoms with E-state index in [9.17, 15) is 5.11 Å². The largest absolute Gasteiger partial charge is 0.504 e. The van der Waals surface area contributed by atoms with Crippen molar-refractivity contribution in [2.75, 3.05) is 20.8 Å². The SMILES string of the molecule is COc1ccc(CN2CCCCC2c2ccnn2C)c(O)c1OC. The number of rotatable bonds is 5. The van der Waals surface area contributed by atoms with Gasteiger partial charge in [0.1, 0.15) is 0 Å². The lowest BCUT2D eigenvalue weighted by molar-refractivity contribution is 0.132. The van der Waals surface area contributed by atoms with Crippen LogP contribution in [0.1, 0.15) is 36.6 Å². The van der Waals surface area contributed by atoms with E-state index in [1.165, 1.54) is 18.5 Å². The van der Waals surface area contributed by atoms with Gasteiger partial charge in [0.2, 0.25) is 5.75 Å². The van der Waals surface area contributed by atoms with Crippen LogP contribution in [0.4, 0.5) is 0 Å². The number of likely N-dealkylation sites (tertiary alicyclic amines) is 1. The van der Waals surface area contributed by atoms with Crippen molar-refractivity contribution in [1.82, 2.24) is 14.7 Å². The van der Waals surface area contributed by atoms with Gasteiger partial charge >= 0.3 is 0 Å². The van der Waals surface area contributed by atoms with Crippen LogP contribution in [-0.4, -0.2) is 40.6 Å². The van der Waals surface area contributed by atoms with Gasteiger partial charge in [-0.2, -0.15) is 5.10 Å². The first kappa shape index (κ1) is 16.6. The first-order valence-corrected chi connectivity index (χ1v) is 8.30. The van der Waals surface area contributed by atoms with Crippen molar-refractivity contribution in [1.29, 1.82) is 0 Å². The molecular formula is C18H25N3O3. The van der Waals surface area contributed by atoms with Crippen molar-refractivity contribution >= 4 is 0 Å². The molecule has 2 aromatic rings. The lowest BCUT2D eigenvalue weighted by atomic mass is 9.98. The van der Waals surface area contributed by atoms with Crippen molar-refractivity contribution in [3.05, 3.63) is 35.7 Å². The first-order chi connectivity index (χ1) is 11.7. The number of aromatic hydroxyl groups is 1. The first-order valence-electron chi connectivity index (χ1n) is 8.30. The van der Waals surface area contributed by atoms with Gasteiger partial charge in [-0.15, -0.1) is 0 Å². The average Bonchev–Trinajstić information content (AvgIpc) is 3.02. The highest BCUT2D eigenvalue weighted by atomic mass is 16.5. The van der Waals surface area contributed by atoms with Crippen LogP contribution in [0.15, 0.2) is 24.4 Å². The van der Waals surface area contributed by atoms with E-state index in [1.54, 1.807) is 14.2 Å². The number of hydrogen-bond acceptors (Lipinski definition) is 5. The lowest BCUT2D eigenvalue weighted by Gasteiger charge is -2.36. The van der Waals surface area contributed by atoms with Gasteiger partial charge in [-0.1, -0.05) is 12.5 Å². The van der Waals surface area contributed by atoms with E-state index in [-0.39, 0.29) is 5.75 Å². The maximum atomic E-state index is 10.6. The number of benzene rings is 1. The van der Waals surface area contributed by atoms with Crippen LogP contribution < -0.4 is 9.47 Å². The zero-order chi connectivity index (χ0) is 17.1. The molecule has 1 N–H and O–H groups in total. The van der Waals surface area contributed by atoms with Gasteiger partial charge in [-0.3, -0.25) is 9.58 Å². The number of nitrogens with zero attached hydrogens (tertiary/aromatic N) is 3. The maximum Gasteiger partial charge on any atom is 0.203 e. The molecule has 6 heteroatoms. The lowest BCUT2D eigenvalue weighted by Crippen LogP contribution is -2.34. The molecule has 0 amide bonds. The Morgan fingerprint density at radius 3 is 2.71 bits per heavy atom. The van der Waals surface area contributed by atoms with E-state index in [4.69, 9.17) is 9.47 Å². The van der Waals surface area contributed by atoms with E-state index in [0.717, 1.165) is 18.5 Å². The highest BCUT2D eigenvalue weighted by molar-refractivity contribution is 5.54. The number of phenols is 1. The summed E-state index contributed by atoms with van der Waals surface area (Å²) in [5, 5.41) is 14.9. The minimum Gasteiger partial charge on any atom is -0.504 e. The highest BCUT2D eigenvalue weighted by Gasteiger charge is 2.27.